The first kappa shape index (κ1) is 39.1. The van der Waals surface area contributed by atoms with Crippen molar-refractivity contribution in [2.24, 2.45) is 5.92 Å². The predicted molar refractivity (Wildman–Crippen MR) is 219 cm³/mol. The summed E-state index contributed by atoms with van der Waals surface area (Å²) in [5.41, 5.74) is 2.06. The van der Waals surface area contributed by atoms with Gasteiger partial charge in [0, 0.05) is 49.1 Å². The van der Waals surface area contributed by atoms with Crippen molar-refractivity contribution >= 4 is 56.6 Å². The zero-order valence-corrected chi connectivity index (χ0v) is 32.0. The second kappa shape index (κ2) is 18.1. The van der Waals surface area contributed by atoms with Gasteiger partial charge in [0.05, 0.1) is 41.8 Å². The average Bonchev–Trinajstić information content (AvgIpc) is 3.19. The quantitative estimate of drug-likeness (QED) is 0.132. The first-order valence-corrected chi connectivity index (χ1v) is 19.0. The van der Waals surface area contributed by atoms with Gasteiger partial charge < -0.3 is 40.3 Å². The summed E-state index contributed by atoms with van der Waals surface area (Å²) >= 11 is 0. The third-order valence-corrected chi connectivity index (χ3v) is 10.2. The zero-order chi connectivity index (χ0) is 38.9. The fraction of sp³-hybridized carbons (Fsp3) is 0.341. The topological polar surface area (TPSA) is 132 Å². The van der Waals surface area contributed by atoms with Crippen molar-refractivity contribution < 1.29 is 29.0 Å². The van der Waals surface area contributed by atoms with Gasteiger partial charge in [-0.05, 0) is 74.2 Å². The van der Waals surface area contributed by atoms with Crippen LogP contribution in [0.5, 0.6) is 5.75 Å². The molecule has 0 unspecified atom stereocenters. The molecule has 1 heterocycles. The van der Waals surface area contributed by atoms with Crippen molar-refractivity contribution in [3.8, 4) is 5.75 Å². The minimum Gasteiger partial charge on any atom is -0.490 e. The van der Waals surface area contributed by atoms with Crippen molar-refractivity contribution in [3.05, 3.63) is 109 Å². The summed E-state index contributed by atoms with van der Waals surface area (Å²) in [4.78, 5) is 44.6. The fourth-order valence-electron chi connectivity index (χ4n) is 6.98. The van der Waals surface area contributed by atoms with Gasteiger partial charge in [0.25, 0.3) is 5.91 Å². The molecule has 1 aliphatic rings. The molecule has 0 radical (unpaired) electrons. The van der Waals surface area contributed by atoms with Gasteiger partial charge in [0.2, 0.25) is 0 Å². The Balaban J connectivity index is 1.22. The van der Waals surface area contributed by atoms with E-state index >= 15 is 0 Å². The molecule has 288 valence electrons. The summed E-state index contributed by atoms with van der Waals surface area (Å²) in [6, 6.07) is 31.0. The average molecular weight is 746 g/mol. The first-order valence-electron chi connectivity index (χ1n) is 19.0. The number of hydrogen-bond acceptors (Lipinski definition) is 6. The van der Waals surface area contributed by atoms with Crippen molar-refractivity contribution in [2.45, 2.75) is 58.3 Å². The molecular weight excluding hydrogens is 695 g/mol. The molecule has 0 aromatic heterocycles. The molecule has 0 saturated heterocycles. The Morgan fingerprint density at radius 3 is 2.16 bits per heavy atom. The number of benzene rings is 5. The van der Waals surface area contributed by atoms with E-state index < -0.39 is 18.2 Å². The summed E-state index contributed by atoms with van der Waals surface area (Å²) in [5, 5.41) is 23.1. The van der Waals surface area contributed by atoms with E-state index in [-0.39, 0.29) is 49.2 Å². The maximum atomic E-state index is 14.6. The third-order valence-electron chi connectivity index (χ3n) is 10.2. The summed E-state index contributed by atoms with van der Waals surface area (Å²) in [5.74, 6) is -0.189. The van der Waals surface area contributed by atoms with Crippen molar-refractivity contribution in [1.29, 1.82) is 0 Å². The third kappa shape index (κ3) is 9.72. The van der Waals surface area contributed by atoms with Crippen LogP contribution in [0.1, 0.15) is 50.4 Å². The molecule has 5 aromatic rings. The number of amides is 5. The van der Waals surface area contributed by atoms with Gasteiger partial charge in [-0.2, -0.15) is 0 Å². The highest BCUT2D eigenvalue weighted by Gasteiger charge is 2.31. The number of anilines is 3. The van der Waals surface area contributed by atoms with E-state index in [9.17, 15) is 19.5 Å². The van der Waals surface area contributed by atoms with E-state index in [0.29, 0.717) is 23.7 Å². The second-order valence-corrected chi connectivity index (χ2v) is 14.5. The number of rotatable bonds is 7. The van der Waals surface area contributed by atoms with Gasteiger partial charge in [-0.25, -0.2) is 9.59 Å². The Labute approximate surface area is 322 Å². The monoisotopic (exact) mass is 745 g/mol. The van der Waals surface area contributed by atoms with Gasteiger partial charge >= 0.3 is 12.1 Å². The van der Waals surface area contributed by atoms with Gasteiger partial charge in [0.1, 0.15) is 5.75 Å². The molecule has 0 spiro atoms. The Bertz CT molecular complexity index is 2110. The Kier molecular flexibility index (Phi) is 12.9. The van der Waals surface area contributed by atoms with E-state index in [0.717, 1.165) is 46.5 Å². The lowest BCUT2D eigenvalue weighted by atomic mass is 10.0. The molecule has 5 amide bonds. The van der Waals surface area contributed by atoms with Crippen LogP contribution in [-0.2, 0) is 4.74 Å². The van der Waals surface area contributed by atoms with Crippen LogP contribution in [0.3, 0.4) is 0 Å². The summed E-state index contributed by atoms with van der Waals surface area (Å²) in [6.45, 7) is 6.48. The lowest BCUT2D eigenvalue weighted by Gasteiger charge is -2.35. The zero-order valence-electron chi connectivity index (χ0n) is 32.0. The molecule has 11 nitrogen and oxygen atoms in total. The number of likely N-dealkylation sites (N-methyl/N-ethyl adjacent to an activating group) is 1. The largest absolute Gasteiger partial charge is 0.490 e. The summed E-state index contributed by atoms with van der Waals surface area (Å²) < 4.78 is 12.8. The van der Waals surface area contributed by atoms with Crippen LogP contribution in [0, 0.1) is 5.92 Å². The van der Waals surface area contributed by atoms with Crippen LogP contribution < -0.4 is 20.7 Å². The van der Waals surface area contributed by atoms with E-state index in [1.807, 2.05) is 98.8 Å². The van der Waals surface area contributed by atoms with Crippen LogP contribution in [-0.4, -0.2) is 84.5 Å². The Hall–Kier alpha value is -5.65. The molecule has 0 aliphatic carbocycles. The number of ether oxygens (including phenoxy) is 2. The van der Waals surface area contributed by atoms with Gasteiger partial charge in [-0.3, -0.25) is 4.79 Å². The van der Waals surface area contributed by atoms with Crippen LogP contribution in [0.15, 0.2) is 103 Å². The normalized spacial score (nSPS) is 18.7. The second-order valence-electron chi connectivity index (χ2n) is 14.5. The van der Waals surface area contributed by atoms with Crippen molar-refractivity contribution in [1.82, 2.24) is 9.80 Å². The highest BCUT2D eigenvalue weighted by Crippen LogP contribution is 2.30. The Morgan fingerprint density at radius 2 is 1.49 bits per heavy atom. The number of fused-ring (bicyclic) bond motifs is 3. The SMILES string of the molecule is C[C@H](CO)N1C[C@H](C)[C@@H](CN(C)C(=O)Nc2cccc3ccccc23)OCCCC[C@H](C)Oc2ccc(NC(=O)Nc3cccc4ccccc34)cc2C1=O. The predicted octanol–water partition coefficient (Wildman–Crippen LogP) is 8.60. The number of carbonyl (C=O) groups is 3. The molecule has 0 bridgehead atoms. The number of nitrogens with zero attached hydrogens (tertiary/aromatic N) is 2. The van der Waals surface area contributed by atoms with E-state index in [1.165, 1.54) is 0 Å². The molecule has 4 N–H and O–H groups in total. The standard InChI is InChI=1S/C44H51N5O6/c1-29-26-49(30(2)28-50)42(51)37-25-34(45-43(52)46-38-20-11-16-32-14-5-7-18-35(32)38)22-23-40(37)55-31(3)13-9-10-24-54-41(29)27-48(4)44(53)47-39-21-12-17-33-15-6-8-19-36(33)39/h5-8,11-12,14-23,25,29-31,41,50H,9-10,13,24,26-28H2,1-4H3,(H,47,53)(H2,45,46,52)/t29-,30+,31-,41+/m0/s1. The highest BCUT2D eigenvalue weighted by atomic mass is 16.5. The van der Waals surface area contributed by atoms with Crippen LogP contribution in [0.2, 0.25) is 0 Å². The minimum absolute atomic E-state index is 0.203. The molecule has 6 rings (SSSR count). The maximum Gasteiger partial charge on any atom is 0.323 e. The number of aliphatic hydroxyl groups excluding tert-OH is 1. The molecule has 55 heavy (non-hydrogen) atoms. The van der Waals surface area contributed by atoms with E-state index in [4.69, 9.17) is 9.47 Å². The number of aliphatic hydroxyl groups is 1. The van der Waals surface area contributed by atoms with Crippen LogP contribution in [0.25, 0.3) is 21.5 Å². The molecule has 1 aliphatic heterocycles. The number of nitrogens with one attached hydrogen (secondary N) is 3. The fourth-order valence-corrected chi connectivity index (χ4v) is 6.98. The van der Waals surface area contributed by atoms with Gasteiger partial charge in [-0.15, -0.1) is 0 Å². The van der Waals surface area contributed by atoms with Gasteiger partial charge in [-0.1, -0.05) is 79.7 Å². The minimum atomic E-state index is -0.549. The van der Waals surface area contributed by atoms with Crippen molar-refractivity contribution in [2.75, 3.05) is 49.3 Å². The molecule has 0 saturated carbocycles. The smallest absolute Gasteiger partial charge is 0.323 e. The molecular formula is C44H51N5O6. The number of hydrogen-bond donors (Lipinski definition) is 4. The number of carbonyl (C=O) groups excluding carboxylic acids is 3. The summed E-state index contributed by atoms with van der Waals surface area (Å²) in [6.07, 6.45) is 1.75. The molecule has 0 fully saturated rings. The maximum absolute atomic E-state index is 14.6. The molecule has 5 aromatic carbocycles. The summed E-state index contributed by atoms with van der Waals surface area (Å²) in [7, 11) is 1.74. The lowest BCUT2D eigenvalue weighted by Crippen LogP contribution is -2.48. The highest BCUT2D eigenvalue weighted by molar-refractivity contribution is 6.07. The Morgan fingerprint density at radius 1 is 0.855 bits per heavy atom. The number of urea groups is 2. The first-order chi connectivity index (χ1) is 26.6. The molecule has 11 heteroatoms. The lowest BCUT2D eigenvalue weighted by molar-refractivity contribution is -0.0115. The van der Waals surface area contributed by atoms with E-state index in [1.54, 1.807) is 42.0 Å². The van der Waals surface area contributed by atoms with E-state index in [2.05, 4.69) is 16.0 Å². The van der Waals surface area contributed by atoms with Crippen molar-refractivity contribution in [3.63, 3.8) is 0 Å². The molecule has 4 atom stereocenters. The van der Waals surface area contributed by atoms with Gasteiger partial charge in [0.15, 0.2) is 0 Å². The van der Waals surface area contributed by atoms with Crippen LogP contribution >= 0.6 is 0 Å². The van der Waals surface area contributed by atoms with Crippen LogP contribution in [0.4, 0.5) is 26.7 Å².